The van der Waals surface area contributed by atoms with Gasteiger partial charge in [0.25, 0.3) is 10.0 Å². The van der Waals surface area contributed by atoms with Crippen LogP contribution in [-0.4, -0.2) is 18.8 Å². The molecule has 0 amide bonds. The molecular weight excluding hydrogens is 380 g/mol. The molecule has 0 spiro atoms. The minimum atomic E-state index is -3.88. The first-order valence-corrected chi connectivity index (χ1v) is 9.94. The highest BCUT2D eigenvalue weighted by Crippen LogP contribution is 2.16. The molecule has 0 saturated heterocycles. The molecular formula is C17H13ClN2O3S2. The summed E-state index contributed by atoms with van der Waals surface area (Å²) in [7, 11) is -3.88. The zero-order chi connectivity index (χ0) is 17.9. The quantitative estimate of drug-likeness (QED) is 0.625. The Balaban J connectivity index is 1.92. The van der Waals surface area contributed by atoms with Gasteiger partial charge in [-0.25, -0.2) is 0 Å². The van der Waals surface area contributed by atoms with E-state index in [0.717, 1.165) is 11.3 Å². The molecule has 0 fully saturated rings. The minimum absolute atomic E-state index is 0.0164. The summed E-state index contributed by atoms with van der Waals surface area (Å²) in [6.07, 6.45) is 1.64. The van der Waals surface area contributed by atoms with E-state index in [0.29, 0.717) is 10.6 Å². The van der Waals surface area contributed by atoms with E-state index in [2.05, 4.69) is 4.40 Å². The third-order valence-corrected chi connectivity index (χ3v) is 5.82. The van der Waals surface area contributed by atoms with E-state index in [1.165, 1.54) is 28.8 Å². The number of benzene rings is 2. The smallest absolute Gasteiger partial charge is 0.285 e. The Morgan fingerprint density at radius 2 is 1.76 bits per heavy atom. The molecule has 0 unspecified atom stereocenters. The number of ketones is 1. The topological polar surface area (TPSA) is 68.5 Å². The van der Waals surface area contributed by atoms with Crippen molar-refractivity contribution in [3.05, 3.63) is 81.6 Å². The van der Waals surface area contributed by atoms with Gasteiger partial charge in [0, 0.05) is 22.2 Å². The molecule has 1 aromatic heterocycles. The van der Waals surface area contributed by atoms with Crippen molar-refractivity contribution in [2.75, 3.05) is 0 Å². The van der Waals surface area contributed by atoms with Crippen molar-refractivity contribution in [3.63, 3.8) is 0 Å². The van der Waals surface area contributed by atoms with Crippen LogP contribution in [0.3, 0.4) is 0 Å². The van der Waals surface area contributed by atoms with E-state index in [-0.39, 0.29) is 22.0 Å². The molecule has 0 saturated carbocycles. The number of Topliss-reactive ketones (excluding diaryl/α,β-unsaturated/α-hetero) is 1. The van der Waals surface area contributed by atoms with Crippen molar-refractivity contribution in [2.45, 2.75) is 11.4 Å². The van der Waals surface area contributed by atoms with Crippen molar-refractivity contribution < 1.29 is 13.2 Å². The van der Waals surface area contributed by atoms with E-state index < -0.39 is 10.0 Å². The number of nitrogens with zero attached hydrogens (tertiary/aromatic N) is 2. The summed E-state index contributed by atoms with van der Waals surface area (Å²) in [5.74, 6) is -0.121. The molecule has 0 radical (unpaired) electrons. The molecule has 128 valence electrons. The Labute approximate surface area is 153 Å². The van der Waals surface area contributed by atoms with Gasteiger partial charge in [0.1, 0.15) is 0 Å². The maximum atomic E-state index is 12.4. The van der Waals surface area contributed by atoms with E-state index in [9.17, 15) is 13.2 Å². The molecule has 1 heterocycles. The summed E-state index contributed by atoms with van der Waals surface area (Å²) in [6.45, 7) is 0.0164. The van der Waals surface area contributed by atoms with Crippen molar-refractivity contribution >= 4 is 38.7 Å². The summed E-state index contributed by atoms with van der Waals surface area (Å²) in [6, 6.07) is 14.6. The second-order valence-electron chi connectivity index (χ2n) is 5.12. The van der Waals surface area contributed by atoms with Crippen LogP contribution >= 0.6 is 22.9 Å². The number of thiazole rings is 1. The van der Waals surface area contributed by atoms with E-state index in [1.54, 1.807) is 35.8 Å². The number of hydrogen-bond acceptors (Lipinski definition) is 4. The molecule has 0 aliphatic carbocycles. The summed E-state index contributed by atoms with van der Waals surface area (Å²) in [4.78, 5) is 12.6. The normalized spacial score (nSPS) is 12.3. The van der Waals surface area contributed by atoms with Crippen LogP contribution in [0.25, 0.3) is 0 Å². The van der Waals surface area contributed by atoms with Crippen LogP contribution in [0, 0.1) is 0 Å². The molecule has 0 aliphatic rings. The lowest BCUT2D eigenvalue weighted by Crippen LogP contribution is -2.21. The van der Waals surface area contributed by atoms with Gasteiger partial charge in [-0.15, -0.1) is 15.7 Å². The van der Waals surface area contributed by atoms with Gasteiger partial charge in [-0.3, -0.25) is 4.79 Å². The molecule has 0 N–H and O–H groups in total. The largest absolute Gasteiger partial charge is 0.315 e. The first-order chi connectivity index (χ1) is 12.0. The van der Waals surface area contributed by atoms with Crippen molar-refractivity contribution in [1.29, 1.82) is 0 Å². The summed E-state index contributed by atoms with van der Waals surface area (Å²) in [5, 5.41) is 2.13. The van der Waals surface area contributed by atoms with Crippen LogP contribution < -0.4 is 4.80 Å². The maximum Gasteiger partial charge on any atom is 0.285 e. The van der Waals surface area contributed by atoms with Gasteiger partial charge in [-0.1, -0.05) is 41.9 Å². The number of carbonyl (C=O) groups is 1. The number of sulfonamides is 1. The van der Waals surface area contributed by atoms with Gasteiger partial charge in [0.2, 0.25) is 4.80 Å². The highest BCUT2D eigenvalue weighted by atomic mass is 35.5. The molecule has 3 aromatic rings. The fourth-order valence-electron chi connectivity index (χ4n) is 2.12. The highest BCUT2D eigenvalue weighted by molar-refractivity contribution is 7.90. The van der Waals surface area contributed by atoms with Crippen LogP contribution in [0.2, 0.25) is 5.02 Å². The molecule has 2 aromatic carbocycles. The number of carbonyl (C=O) groups excluding carboxylic acids is 1. The van der Waals surface area contributed by atoms with E-state index in [1.807, 2.05) is 6.07 Å². The van der Waals surface area contributed by atoms with Crippen molar-refractivity contribution in [2.24, 2.45) is 4.40 Å². The second kappa shape index (κ2) is 7.35. The Bertz CT molecular complexity index is 1050. The molecule has 8 heteroatoms. The van der Waals surface area contributed by atoms with Gasteiger partial charge in [-0.05, 0) is 24.3 Å². The van der Waals surface area contributed by atoms with Gasteiger partial charge in [0.15, 0.2) is 5.78 Å². The number of aromatic nitrogens is 1. The third-order valence-electron chi connectivity index (χ3n) is 3.38. The van der Waals surface area contributed by atoms with E-state index >= 15 is 0 Å². The number of rotatable bonds is 5. The monoisotopic (exact) mass is 392 g/mol. The fraction of sp³-hybridized carbons (Fsp3) is 0.0588. The predicted molar refractivity (Wildman–Crippen MR) is 97.3 cm³/mol. The predicted octanol–water partition coefficient (Wildman–Crippen LogP) is 3.38. The van der Waals surface area contributed by atoms with Crippen LogP contribution in [0.1, 0.15) is 10.4 Å². The van der Waals surface area contributed by atoms with Gasteiger partial charge >= 0.3 is 0 Å². The Morgan fingerprint density at radius 3 is 2.44 bits per heavy atom. The summed E-state index contributed by atoms with van der Waals surface area (Å²) < 4.78 is 30.2. The molecule has 5 nitrogen and oxygen atoms in total. The molecule has 0 bridgehead atoms. The molecule has 3 rings (SSSR count). The number of hydrogen-bond donors (Lipinski definition) is 0. The van der Waals surface area contributed by atoms with E-state index in [4.69, 9.17) is 11.6 Å². The van der Waals surface area contributed by atoms with Gasteiger partial charge < -0.3 is 4.57 Å². The first kappa shape index (κ1) is 17.6. The maximum absolute atomic E-state index is 12.4. The highest BCUT2D eigenvalue weighted by Gasteiger charge is 2.14. The molecule has 0 atom stereocenters. The lowest BCUT2D eigenvalue weighted by molar-refractivity contribution is 0.0971. The average molecular weight is 393 g/mol. The van der Waals surface area contributed by atoms with Crippen molar-refractivity contribution in [1.82, 2.24) is 4.57 Å². The standard InChI is InChI=1S/C17H13ClN2O3S2/c18-14-6-8-15(9-7-14)25(22,23)19-17-20(10-11-24-17)12-16(21)13-4-2-1-3-5-13/h1-11H,12H2. The summed E-state index contributed by atoms with van der Waals surface area (Å²) in [5.41, 5.74) is 0.563. The van der Waals surface area contributed by atoms with Gasteiger partial charge in [-0.2, -0.15) is 8.42 Å². The molecule has 25 heavy (non-hydrogen) atoms. The van der Waals surface area contributed by atoms with Gasteiger partial charge in [0.05, 0.1) is 11.4 Å². The molecule has 0 aliphatic heterocycles. The number of halogens is 1. The Morgan fingerprint density at radius 1 is 1.08 bits per heavy atom. The second-order valence-corrected chi connectivity index (χ2v) is 8.04. The van der Waals surface area contributed by atoms with Crippen LogP contribution in [0.5, 0.6) is 0 Å². The SMILES string of the molecule is O=C(Cn1ccsc1=NS(=O)(=O)c1ccc(Cl)cc1)c1ccccc1. The Kier molecular flexibility index (Phi) is 5.17. The lowest BCUT2D eigenvalue weighted by atomic mass is 10.1. The van der Waals surface area contributed by atoms with Crippen LogP contribution in [0.4, 0.5) is 0 Å². The fourth-order valence-corrected chi connectivity index (χ4v) is 4.20. The average Bonchev–Trinajstić information content (AvgIpc) is 3.02. The van der Waals surface area contributed by atoms with Crippen LogP contribution in [0.15, 0.2) is 75.5 Å². The van der Waals surface area contributed by atoms with Crippen molar-refractivity contribution in [3.8, 4) is 0 Å². The zero-order valence-electron chi connectivity index (χ0n) is 12.9. The Hall–Kier alpha value is -2.22. The summed E-state index contributed by atoms with van der Waals surface area (Å²) >= 11 is 6.93. The van der Waals surface area contributed by atoms with Crippen LogP contribution in [-0.2, 0) is 16.6 Å². The minimum Gasteiger partial charge on any atom is -0.315 e. The first-order valence-electron chi connectivity index (χ1n) is 7.24. The lowest BCUT2D eigenvalue weighted by Gasteiger charge is -2.03. The third kappa shape index (κ3) is 4.25. The zero-order valence-corrected chi connectivity index (χ0v) is 15.3.